The molecule has 0 aliphatic carbocycles. The molecule has 1 unspecified atom stereocenters. The number of hydrazine groups is 1. The van der Waals surface area contributed by atoms with Crippen molar-refractivity contribution in [2.24, 2.45) is 5.84 Å². The summed E-state index contributed by atoms with van der Waals surface area (Å²) in [4.78, 5) is 11.1. The molecule has 0 aliphatic rings. The molecule has 5 N–H and O–H groups in total. The Kier molecular flexibility index (Phi) is 4.09. The molecule has 0 bridgehead atoms. The summed E-state index contributed by atoms with van der Waals surface area (Å²) in [7, 11) is 0. The minimum atomic E-state index is -1.24. The number of aryl methyl sites for hydroxylation is 1. The predicted octanol–water partition coefficient (Wildman–Crippen LogP) is 0.804. The quantitative estimate of drug-likeness (QED) is 0.449. The molecule has 0 fully saturated rings. The van der Waals surface area contributed by atoms with E-state index in [9.17, 15) is 9.90 Å². The van der Waals surface area contributed by atoms with Crippen LogP contribution in [0.5, 0.6) is 5.75 Å². The van der Waals surface area contributed by atoms with Gasteiger partial charge >= 0.3 is 5.97 Å². The van der Waals surface area contributed by atoms with Crippen LogP contribution in [-0.2, 0) is 17.6 Å². The molecule has 0 saturated heterocycles. The number of carboxylic acids is 1. The fraction of sp³-hybridized carbons (Fsp3) is 0.417. The third-order valence-electron chi connectivity index (χ3n) is 2.88. The van der Waals surface area contributed by atoms with E-state index in [2.05, 4.69) is 5.43 Å². The maximum atomic E-state index is 11.1. The zero-order valence-electron chi connectivity index (χ0n) is 10.0. The van der Waals surface area contributed by atoms with Crippen molar-refractivity contribution in [2.45, 2.75) is 32.2 Å². The molecule has 0 heterocycles. The summed E-state index contributed by atoms with van der Waals surface area (Å²) >= 11 is 0. The molecule has 1 atom stereocenters. The van der Waals surface area contributed by atoms with Crippen molar-refractivity contribution >= 4 is 5.97 Å². The van der Waals surface area contributed by atoms with Crippen LogP contribution in [0, 0.1) is 0 Å². The Hall–Kier alpha value is -1.59. The largest absolute Gasteiger partial charge is 0.508 e. The van der Waals surface area contributed by atoms with E-state index >= 15 is 0 Å². The van der Waals surface area contributed by atoms with E-state index in [0.29, 0.717) is 0 Å². The average Bonchev–Trinajstić information content (AvgIpc) is 2.29. The van der Waals surface area contributed by atoms with Crippen LogP contribution >= 0.6 is 0 Å². The first kappa shape index (κ1) is 13.5. The average molecular weight is 238 g/mol. The van der Waals surface area contributed by atoms with Crippen molar-refractivity contribution in [3.05, 3.63) is 29.3 Å². The molecule has 1 rings (SSSR count). The molecule has 1 aromatic carbocycles. The second-order valence-corrected chi connectivity index (χ2v) is 4.27. The van der Waals surface area contributed by atoms with Crippen LogP contribution in [0.2, 0.25) is 0 Å². The molecule has 0 radical (unpaired) electrons. The number of phenols is 1. The van der Waals surface area contributed by atoms with Gasteiger partial charge in [0.05, 0.1) is 0 Å². The van der Waals surface area contributed by atoms with Gasteiger partial charge in [-0.05, 0) is 30.5 Å². The summed E-state index contributed by atoms with van der Waals surface area (Å²) in [6, 6.07) is 5.18. The van der Waals surface area contributed by atoms with E-state index < -0.39 is 11.5 Å². The number of carboxylic acid groups (broad SMARTS) is 1. The highest BCUT2D eigenvalue weighted by Gasteiger charge is 2.32. The number of benzene rings is 1. The van der Waals surface area contributed by atoms with Crippen LogP contribution in [0.4, 0.5) is 0 Å². The Morgan fingerprint density at radius 2 is 2.18 bits per heavy atom. The van der Waals surface area contributed by atoms with Crippen molar-refractivity contribution in [2.75, 3.05) is 0 Å². The topological polar surface area (TPSA) is 95.6 Å². The van der Waals surface area contributed by atoms with Gasteiger partial charge < -0.3 is 10.2 Å². The number of aliphatic carboxylic acids is 1. The monoisotopic (exact) mass is 238 g/mol. The van der Waals surface area contributed by atoms with Crippen molar-refractivity contribution in [1.82, 2.24) is 5.43 Å². The highest BCUT2D eigenvalue weighted by atomic mass is 16.4. The summed E-state index contributed by atoms with van der Waals surface area (Å²) in [5, 5.41) is 18.8. The first-order chi connectivity index (χ1) is 7.92. The molecular formula is C12H18N2O3. The maximum Gasteiger partial charge on any atom is 0.325 e. The Bertz CT molecular complexity index is 420. The lowest BCUT2D eigenvalue weighted by Crippen LogP contribution is -2.54. The lowest BCUT2D eigenvalue weighted by molar-refractivity contribution is -0.144. The lowest BCUT2D eigenvalue weighted by Gasteiger charge is -2.23. The predicted molar refractivity (Wildman–Crippen MR) is 64.6 cm³/mol. The van der Waals surface area contributed by atoms with Crippen LogP contribution in [0.25, 0.3) is 0 Å². The zero-order valence-corrected chi connectivity index (χ0v) is 10.0. The van der Waals surface area contributed by atoms with Crippen LogP contribution in [-0.4, -0.2) is 21.7 Å². The molecule has 0 saturated carbocycles. The standard InChI is InChI=1S/C12H18N2O3/c1-3-9-5-4-8(6-10(9)15)7-12(2,14-13)11(16)17/h4-6,14-15H,3,7,13H2,1-2H3,(H,16,17). The minimum Gasteiger partial charge on any atom is -0.508 e. The van der Waals surface area contributed by atoms with Gasteiger partial charge in [0, 0.05) is 6.42 Å². The van der Waals surface area contributed by atoms with Crippen LogP contribution in [0.15, 0.2) is 18.2 Å². The smallest absolute Gasteiger partial charge is 0.325 e. The number of nitrogens with one attached hydrogen (secondary N) is 1. The van der Waals surface area contributed by atoms with Gasteiger partial charge in [-0.2, -0.15) is 0 Å². The van der Waals surface area contributed by atoms with Crippen LogP contribution in [0.3, 0.4) is 0 Å². The van der Waals surface area contributed by atoms with Crippen molar-refractivity contribution in [1.29, 1.82) is 0 Å². The van der Waals surface area contributed by atoms with E-state index in [4.69, 9.17) is 10.9 Å². The summed E-state index contributed by atoms with van der Waals surface area (Å²) in [5.41, 5.74) is 2.62. The van der Waals surface area contributed by atoms with Gasteiger partial charge in [0.1, 0.15) is 11.3 Å². The number of rotatable bonds is 5. The second kappa shape index (κ2) is 5.16. The van der Waals surface area contributed by atoms with Crippen LogP contribution in [0.1, 0.15) is 25.0 Å². The van der Waals surface area contributed by atoms with E-state index in [1.54, 1.807) is 18.2 Å². The Morgan fingerprint density at radius 3 is 2.59 bits per heavy atom. The highest BCUT2D eigenvalue weighted by molar-refractivity contribution is 5.78. The lowest BCUT2D eigenvalue weighted by atomic mass is 9.92. The summed E-state index contributed by atoms with van der Waals surface area (Å²) in [5.74, 6) is 4.42. The number of aromatic hydroxyl groups is 1. The fourth-order valence-electron chi connectivity index (χ4n) is 1.61. The fourth-order valence-corrected chi connectivity index (χ4v) is 1.61. The Morgan fingerprint density at radius 1 is 1.53 bits per heavy atom. The Labute approximate surface area is 100 Å². The third-order valence-corrected chi connectivity index (χ3v) is 2.88. The van der Waals surface area contributed by atoms with E-state index in [0.717, 1.165) is 17.5 Å². The highest BCUT2D eigenvalue weighted by Crippen LogP contribution is 2.22. The molecule has 0 spiro atoms. The van der Waals surface area contributed by atoms with Gasteiger partial charge in [0.25, 0.3) is 0 Å². The maximum absolute atomic E-state index is 11.1. The molecule has 94 valence electrons. The van der Waals surface area contributed by atoms with E-state index in [1.807, 2.05) is 6.92 Å². The number of phenolic OH excluding ortho intramolecular Hbond substituents is 1. The summed E-state index contributed by atoms with van der Waals surface area (Å²) < 4.78 is 0. The van der Waals surface area contributed by atoms with Gasteiger partial charge in [0.15, 0.2) is 0 Å². The van der Waals surface area contributed by atoms with Crippen molar-refractivity contribution in [3.63, 3.8) is 0 Å². The Balaban J connectivity index is 2.95. The molecule has 5 heteroatoms. The van der Waals surface area contributed by atoms with Gasteiger partial charge in [-0.25, -0.2) is 5.43 Å². The van der Waals surface area contributed by atoms with E-state index in [1.165, 1.54) is 6.92 Å². The first-order valence-corrected chi connectivity index (χ1v) is 5.45. The van der Waals surface area contributed by atoms with Gasteiger partial charge in [0.2, 0.25) is 0 Å². The van der Waals surface area contributed by atoms with Gasteiger partial charge in [-0.3, -0.25) is 10.6 Å². The summed E-state index contributed by atoms with van der Waals surface area (Å²) in [6.07, 6.45) is 0.938. The second-order valence-electron chi connectivity index (χ2n) is 4.27. The van der Waals surface area contributed by atoms with Crippen molar-refractivity contribution in [3.8, 4) is 5.75 Å². The third kappa shape index (κ3) is 2.95. The number of carbonyl (C=O) groups is 1. The minimum absolute atomic E-state index is 0.190. The number of hydrogen-bond donors (Lipinski definition) is 4. The first-order valence-electron chi connectivity index (χ1n) is 5.45. The zero-order chi connectivity index (χ0) is 13.1. The van der Waals surface area contributed by atoms with Gasteiger partial charge in [-0.15, -0.1) is 0 Å². The molecule has 0 aromatic heterocycles. The molecule has 0 amide bonds. The van der Waals surface area contributed by atoms with E-state index in [-0.39, 0.29) is 12.2 Å². The summed E-state index contributed by atoms with van der Waals surface area (Å²) in [6.45, 7) is 3.44. The van der Waals surface area contributed by atoms with Crippen LogP contribution < -0.4 is 11.3 Å². The van der Waals surface area contributed by atoms with Gasteiger partial charge in [-0.1, -0.05) is 19.1 Å². The normalized spacial score (nSPS) is 14.3. The molecule has 1 aromatic rings. The molecular weight excluding hydrogens is 220 g/mol. The molecule has 17 heavy (non-hydrogen) atoms. The molecule has 0 aliphatic heterocycles. The number of nitrogens with two attached hydrogens (primary N) is 1. The van der Waals surface area contributed by atoms with Crippen molar-refractivity contribution < 1.29 is 15.0 Å². The molecule has 5 nitrogen and oxygen atoms in total. The number of hydrogen-bond acceptors (Lipinski definition) is 4. The SMILES string of the molecule is CCc1ccc(CC(C)(NN)C(=O)O)cc1O.